The minimum Gasteiger partial charge on any atom is -0.367 e. The van der Waals surface area contributed by atoms with Gasteiger partial charge in [-0.05, 0) is 37.5 Å². The van der Waals surface area contributed by atoms with Crippen LogP contribution in [-0.4, -0.2) is 55.5 Å². The second-order valence-electron chi connectivity index (χ2n) is 7.81. The van der Waals surface area contributed by atoms with Crippen LogP contribution in [0.2, 0.25) is 0 Å². The lowest BCUT2D eigenvalue weighted by Gasteiger charge is -2.38. The summed E-state index contributed by atoms with van der Waals surface area (Å²) in [6.45, 7) is 1.07. The molecule has 4 atom stereocenters. The van der Waals surface area contributed by atoms with Gasteiger partial charge in [0.15, 0.2) is 6.29 Å². The third kappa shape index (κ3) is 6.32. The maximum absolute atomic E-state index is 13.3. The number of aliphatic hydroxyl groups is 1. The summed E-state index contributed by atoms with van der Waals surface area (Å²) in [7, 11) is -3.92. The lowest BCUT2D eigenvalue weighted by molar-refractivity contribution is -0.200. The number of nitrogens with zero attached hydrogens (tertiary/aromatic N) is 1. The highest BCUT2D eigenvalue weighted by molar-refractivity contribution is 7.89. The van der Waals surface area contributed by atoms with Crippen LogP contribution in [0.15, 0.2) is 65.6 Å². The first kappa shape index (κ1) is 25.2. The molecule has 33 heavy (non-hydrogen) atoms. The van der Waals surface area contributed by atoms with Gasteiger partial charge in [0.25, 0.3) is 0 Å². The molecular weight excluding hydrogens is 461 g/mol. The van der Waals surface area contributed by atoms with Crippen LogP contribution in [0.25, 0.3) is 0 Å². The number of ether oxygens (including phenoxy) is 1. The van der Waals surface area contributed by atoms with E-state index in [1.807, 2.05) is 0 Å². The zero-order valence-electron chi connectivity index (χ0n) is 17.8. The van der Waals surface area contributed by atoms with Gasteiger partial charge >= 0.3 is 12.1 Å². The number of hydrogen-bond donors (Lipinski definition) is 2. The van der Waals surface area contributed by atoms with E-state index in [-0.39, 0.29) is 17.7 Å². The van der Waals surface area contributed by atoms with E-state index in [0.29, 0.717) is 10.5 Å². The quantitative estimate of drug-likeness (QED) is 0.628. The fourth-order valence-corrected chi connectivity index (χ4v) is 4.98. The standard InChI is InChI=1S/C22H25F3N2O5S/c1-15(16-8-4-2-5-9-16)27(21(29)22(23,24)25)14-17-12-13-19(20(28)32-17)26-33(30,31)18-10-6-3-7-11-18/h2-11,15,17,19-20,26,28H,12-14H2,1H3/t15-,17+,19-,20+/m1/s1. The molecule has 2 aromatic rings. The maximum atomic E-state index is 13.3. The molecule has 0 saturated carbocycles. The van der Waals surface area contributed by atoms with Crippen molar-refractivity contribution in [2.45, 2.75) is 55.3 Å². The molecule has 1 fully saturated rings. The van der Waals surface area contributed by atoms with Gasteiger partial charge in [-0.1, -0.05) is 48.5 Å². The molecule has 1 saturated heterocycles. The highest BCUT2D eigenvalue weighted by Gasteiger charge is 2.45. The Morgan fingerprint density at radius 2 is 1.70 bits per heavy atom. The molecule has 0 aliphatic carbocycles. The highest BCUT2D eigenvalue weighted by Crippen LogP contribution is 2.29. The summed E-state index contributed by atoms with van der Waals surface area (Å²) < 4.78 is 72.6. The molecule has 180 valence electrons. The Morgan fingerprint density at radius 3 is 2.24 bits per heavy atom. The Bertz CT molecular complexity index is 1040. The normalized spacial score (nSPS) is 22.5. The van der Waals surface area contributed by atoms with Gasteiger partial charge in [0.1, 0.15) is 0 Å². The van der Waals surface area contributed by atoms with Crippen molar-refractivity contribution in [1.29, 1.82) is 0 Å². The van der Waals surface area contributed by atoms with E-state index in [4.69, 9.17) is 4.74 Å². The van der Waals surface area contributed by atoms with Crippen molar-refractivity contribution < 1.29 is 36.2 Å². The number of amides is 1. The number of sulfonamides is 1. The molecule has 1 heterocycles. The average molecular weight is 487 g/mol. The molecule has 2 N–H and O–H groups in total. The Labute approximate surface area is 190 Å². The first-order valence-electron chi connectivity index (χ1n) is 10.3. The molecule has 0 spiro atoms. The molecule has 1 aliphatic heterocycles. The highest BCUT2D eigenvalue weighted by atomic mass is 32.2. The molecule has 7 nitrogen and oxygen atoms in total. The van der Waals surface area contributed by atoms with E-state index in [0.717, 1.165) is 0 Å². The van der Waals surface area contributed by atoms with Crippen molar-refractivity contribution in [2.75, 3.05) is 6.54 Å². The lowest BCUT2D eigenvalue weighted by atomic mass is 10.0. The topological polar surface area (TPSA) is 95.9 Å². The Morgan fingerprint density at radius 1 is 1.12 bits per heavy atom. The zero-order chi connectivity index (χ0) is 24.2. The zero-order valence-corrected chi connectivity index (χ0v) is 18.6. The van der Waals surface area contributed by atoms with Gasteiger partial charge in [0.05, 0.1) is 23.1 Å². The molecule has 1 amide bonds. The molecule has 1 aliphatic rings. The van der Waals surface area contributed by atoms with E-state index < -0.39 is 53.1 Å². The van der Waals surface area contributed by atoms with Gasteiger partial charge in [0, 0.05) is 6.54 Å². The van der Waals surface area contributed by atoms with Crippen molar-refractivity contribution >= 4 is 15.9 Å². The van der Waals surface area contributed by atoms with Crippen LogP contribution in [0.4, 0.5) is 13.2 Å². The van der Waals surface area contributed by atoms with Gasteiger partial charge in [0.2, 0.25) is 10.0 Å². The van der Waals surface area contributed by atoms with Crippen molar-refractivity contribution in [3.63, 3.8) is 0 Å². The van der Waals surface area contributed by atoms with Crippen LogP contribution in [-0.2, 0) is 19.6 Å². The summed E-state index contributed by atoms with van der Waals surface area (Å²) in [6, 6.07) is 13.9. The van der Waals surface area contributed by atoms with Gasteiger partial charge < -0.3 is 14.7 Å². The van der Waals surface area contributed by atoms with Gasteiger partial charge in [-0.25, -0.2) is 13.1 Å². The van der Waals surface area contributed by atoms with Crippen LogP contribution in [0.3, 0.4) is 0 Å². The number of rotatable bonds is 7. The Hall–Kier alpha value is -2.47. The van der Waals surface area contributed by atoms with E-state index in [1.54, 1.807) is 48.5 Å². The van der Waals surface area contributed by atoms with Crippen molar-refractivity contribution in [1.82, 2.24) is 9.62 Å². The number of aliphatic hydroxyl groups excluding tert-OH is 1. The first-order chi connectivity index (χ1) is 15.5. The molecule has 0 bridgehead atoms. The predicted octanol–water partition coefficient (Wildman–Crippen LogP) is 2.98. The van der Waals surface area contributed by atoms with Crippen molar-refractivity contribution in [2.24, 2.45) is 0 Å². The number of halogens is 3. The second-order valence-corrected chi connectivity index (χ2v) is 9.52. The van der Waals surface area contributed by atoms with E-state index >= 15 is 0 Å². The molecule has 0 radical (unpaired) electrons. The van der Waals surface area contributed by atoms with Crippen LogP contribution in [0.5, 0.6) is 0 Å². The smallest absolute Gasteiger partial charge is 0.367 e. The number of carbonyl (C=O) groups excluding carboxylic acids is 1. The summed E-state index contributed by atoms with van der Waals surface area (Å²) >= 11 is 0. The third-order valence-corrected chi connectivity index (χ3v) is 6.99. The minimum absolute atomic E-state index is 0.0120. The van der Waals surface area contributed by atoms with Gasteiger partial charge in [-0.3, -0.25) is 4.79 Å². The van der Waals surface area contributed by atoms with E-state index in [9.17, 15) is 31.5 Å². The van der Waals surface area contributed by atoms with E-state index in [2.05, 4.69) is 4.72 Å². The minimum atomic E-state index is -5.08. The predicted molar refractivity (Wildman–Crippen MR) is 113 cm³/mol. The number of carbonyl (C=O) groups is 1. The molecule has 2 aromatic carbocycles. The fourth-order valence-electron chi connectivity index (χ4n) is 3.70. The number of nitrogens with one attached hydrogen (secondary N) is 1. The Balaban J connectivity index is 1.70. The van der Waals surface area contributed by atoms with Crippen LogP contribution >= 0.6 is 0 Å². The van der Waals surface area contributed by atoms with Crippen molar-refractivity contribution in [3.05, 3.63) is 66.2 Å². The molecule has 0 unspecified atom stereocenters. The maximum Gasteiger partial charge on any atom is 0.471 e. The molecule has 0 aromatic heterocycles. The van der Waals surface area contributed by atoms with Gasteiger partial charge in [-0.15, -0.1) is 0 Å². The summed E-state index contributed by atoms with van der Waals surface area (Å²) in [5.41, 5.74) is 0.514. The molecular formula is C22H25F3N2O5S. The Kier molecular flexibility index (Phi) is 7.78. The van der Waals surface area contributed by atoms with Crippen LogP contribution in [0, 0.1) is 0 Å². The van der Waals surface area contributed by atoms with Gasteiger partial charge in [-0.2, -0.15) is 13.2 Å². The summed E-state index contributed by atoms with van der Waals surface area (Å²) in [4.78, 5) is 12.8. The fraction of sp³-hybridized carbons (Fsp3) is 0.409. The number of hydrogen-bond acceptors (Lipinski definition) is 5. The first-order valence-corrected chi connectivity index (χ1v) is 11.8. The lowest BCUT2D eigenvalue weighted by Crippen LogP contribution is -2.53. The van der Waals surface area contributed by atoms with E-state index in [1.165, 1.54) is 19.1 Å². The molecule has 11 heteroatoms. The van der Waals surface area contributed by atoms with Crippen molar-refractivity contribution in [3.8, 4) is 0 Å². The number of alkyl halides is 3. The van der Waals surface area contributed by atoms with Crippen LogP contribution in [0.1, 0.15) is 31.4 Å². The second kappa shape index (κ2) is 10.2. The monoisotopic (exact) mass is 486 g/mol. The number of benzene rings is 2. The average Bonchev–Trinajstić information content (AvgIpc) is 2.79. The summed E-state index contributed by atoms with van der Waals surface area (Å²) in [6.07, 6.45) is -7.31. The summed E-state index contributed by atoms with van der Waals surface area (Å²) in [5.74, 6) is -2.01. The largest absolute Gasteiger partial charge is 0.471 e. The summed E-state index contributed by atoms with van der Waals surface area (Å²) in [5, 5.41) is 10.3. The molecule has 3 rings (SSSR count). The third-order valence-electron chi connectivity index (χ3n) is 5.49. The SMILES string of the molecule is C[C@H](c1ccccc1)N(C[C@@H]1CC[C@@H](NS(=O)(=O)c2ccccc2)[C@@H](O)O1)C(=O)C(F)(F)F. The van der Waals surface area contributed by atoms with Crippen LogP contribution < -0.4 is 4.72 Å².